The molecular formula is C13H18N2O. The van der Waals surface area contributed by atoms with Crippen molar-refractivity contribution in [3.05, 3.63) is 35.9 Å². The zero-order valence-corrected chi connectivity index (χ0v) is 9.85. The lowest BCUT2D eigenvalue weighted by atomic mass is 10.1. The highest BCUT2D eigenvalue weighted by Crippen LogP contribution is 2.09. The first-order chi connectivity index (χ1) is 7.51. The Labute approximate surface area is 96.9 Å². The Balaban J connectivity index is 2.62. The zero-order chi connectivity index (χ0) is 12.0. The lowest BCUT2D eigenvalue weighted by Crippen LogP contribution is -2.38. The first-order valence-corrected chi connectivity index (χ1v) is 5.37. The van der Waals surface area contributed by atoms with Gasteiger partial charge < -0.3 is 5.11 Å². The van der Waals surface area contributed by atoms with E-state index in [4.69, 9.17) is 5.26 Å². The molecule has 0 saturated heterocycles. The van der Waals surface area contributed by atoms with Gasteiger partial charge in [-0.25, -0.2) is 0 Å². The number of nitrogens with zero attached hydrogens (tertiary/aromatic N) is 2. The molecule has 0 spiro atoms. The van der Waals surface area contributed by atoms with Crippen LogP contribution < -0.4 is 0 Å². The van der Waals surface area contributed by atoms with E-state index in [2.05, 4.69) is 6.07 Å². The highest BCUT2D eigenvalue weighted by molar-refractivity contribution is 5.14. The van der Waals surface area contributed by atoms with Crippen molar-refractivity contribution in [1.82, 2.24) is 4.90 Å². The Morgan fingerprint density at radius 3 is 2.44 bits per heavy atom. The van der Waals surface area contributed by atoms with Gasteiger partial charge in [0.2, 0.25) is 0 Å². The van der Waals surface area contributed by atoms with Gasteiger partial charge in [0.1, 0.15) is 0 Å². The number of rotatable bonds is 5. The van der Waals surface area contributed by atoms with Gasteiger partial charge in [-0.15, -0.1) is 0 Å². The summed E-state index contributed by atoms with van der Waals surface area (Å²) in [5.74, 6) is 0. The summed E-state index contributed by atoms with van der Waals surface area (Å²) in [6, 6.07) is 12.1. The van der Waals surface area contributed by atoms with Crippen LogP contribution >= 0.6 is 0 Å². The summed E-state index contributed by atoms with van der Waals surface area (Å²) in [5, 5.41) is 18.5. The molecule has 3 heteroatoms. The van der Waals surface area contributed by atoms with E-state index in [9.17, 15) is 5.11 Å². The van der Waals surface area contributed by atoms with Crippen LogP contribution in [0, 0.1) is 11.3 Å². The van der Waals surface area contributed by atoms with E-state index in [1.165, 1.54) is 0 Å². The molecule has 0 aliphatic rings. The molecule has 3 nitrogen and oxygen atoms in total. The standard InChI is InChI=1S/C13H18N2O/c1-13(2,16)11-15(9-8-14)10-12-6-4-3-5-7-12/h3-7,16H,9-11H2,1-2H3. The van der Waals surface area contributed by atoms with Gasteiger partial charge in [-0.1, -0.05) is 30.3 Å². The molecule has 1 aromatic carbocycles. The molecule has 0 saturated carbocycles. The molecule has 0 fully saturated rings. The molecule has 1 rings (SSSR count). The zero-order valence-electron chi connectivity index (χ0n) is 9.85. The topological polar surface area (TPSA) is 47.3 Å². The Bertz CT molecular complexity index is 348. The second-order valence-corrected chi connectivity index (χ2v) is 4.60. The molecular weight excluding hydrogens is 200 g/mol. The third-order valence-corrected chi connectivity index (χ3v) is 2.15. The summed E-state index contributed by atoms with van der Waals surface area (Å²) < 4.78 is 0. The minimum Gasteiger partial charge on any atom is -0.389 e. The van der Waals surface area contributed by atoms with E-state index >= 15 is 0 Å². The maximum absolute atomic E-state index is 9.74. The Kier molecular flexibility index (Phi) is 4.48. The van der Waals surface area contributed by atoms with Crippen LogP contribution in [0.25, 0.3) is 0 Å². The summed E-state index contributed by atoms with van der Waals surface area (Å²) in [4.78, 5) is 1.94. The molecule has 0 radical (unpaired) electrons. The van der Waals surface area contributed by atoms with Gasteiger partial charge in [-0.2, -0.15) is 5.26 Å². The van der Waals surface area contributed by atoms with Gasteiger partial charge in [0.15, 0.2) is 0 Å². The van der Waals surface area contributed by atoms with Gasteiger partial charge in [-0.05, 0) is 19.4 Å². The summed E-state index contributed by atoms with van der Waals surface area (Å²) in [7, 11) is 0. The van der Waals surface area contributed by atoms with Crippen molar-refractivity contribution in [2.24, 2.45) is 0 Å². The van der Waals surface area contributed by atoms with Gasteiger partial charge in [-0.3, -0.25) is 4.90 Å². The molecule has 0 amide bonds. The molecule has 0 bridgehead atoms. The molecule has 16 heavy (non-hydrogen) atoms. The first-order valence-electron chi connectivity index (χ1n) is 5.37. The minimum absolute atomic E-state index is 0.332. The van der Waals surface area contributed by atoms with Gasteiger partial charge in [0.05, 0.1) is 18.2 Å². The summed E-state index contributed by atoms with van der Waals surface area (Å²) in [6.07, 6.45) is 0. The third kappa shape index (κ3) is 4.92. The molecule has 0 aliphatic carbocycles. The molecule has 1 N–H and O–H groups in total. The molecule has 0 unspecified atom stereocenters. The maximum Gasteiger partial charge on any atom is 0.0869 e. The lowest BCUT2D eigenvalue weighted by Gasteiger charge is -2.26. The second kappa shape index (κ2) is 5.64. The van der Waals surface area contributed by atoms with Crippen LogP contribution in [-0.4, -0.2) is 28.7 Å². The minimum atomic E-state index is -0.772. The predicted molar refractivity (Wildman–Crippen MR) is 63.6 cm³/mol. The SMILES string of the molecule is CC(C)(O)CN(CC#N)Cc1ccccc1. The summed E-state index contributed by atoms with van der Waals surface area (Å²) in [6.45, 7) is 5.03. The normalized spacial score (nSPS) is 11.4. The quantitative estimate of drug-likeness (QED) is 0.766. The van der Waals surface area contributed by atoms with Crippen molar-refractivity contribution in [3.63, 3.8) is 0 Å². The Morgan fingerprint density at radius 2 is 1.94 bits per heavy atom. The van der Waals surface area contributed by atoms with Gasteiger partial charge in [0, 0.05) is 13.1 Å². The van der Waals surface area contributed by atoms with Crippen LogP contribution in [-0.2, 0) is 6.54 Å². The third-order valence-electron chi connectivity index (χ3n) is 2.15. The van der Waals surface area contributed by atoms with E-state index in [1.807, 2.05) is 35.2 Å². The van der Waals surface area contributed by atoms with Crippen molar-refractivity contribution in [3.8, 4) is 6.07 Å². The fourth-order valence-electron chi connectivity index (χ4n) is 1.66. The molecule has 1 aromatic rings. The van der Waals surface area contributed by atoms with E-state index in [0.29, 0.717) is 19.6 Å². The number of aliphatic hydroxyl groups is 1. The average Bonchev–Trinajstić information content (AvgIpc) is 2.17. The van der Waals surface area contributed by atoms with Crippen molar-refractivity contribution >= 4 is 0 Å². The van der Waals surface area contributed by atoms with Crippen molar-refractivity contribution < 1.29 is 5.11 Å². The number of hydrogen-bond donors (Lipinski definition) is 1. The maximum atomic E-state index is 9.74. The molecule has 86 valence electrons. The van der Waals surface area contributed by atoms with E-state index in [1.54, 1.807) is 13.8 Å². The van der Waals surface area contributed by atoms with E-state index in [0.717, 1.165) is 5.56 Å². The van der Waals surface area contributed by atoms with Crippen LogP contribution in [0.15, 0.2) is 30.3 Å². The smallest absolute Gasteiger partial charge is 0.0869 e. The molecule has 0 heterocycles. The van der Waals surface area contributed by atoms with Crippen LogP contribution in [0.2, 0.25) is 0 Å². The van der Waals surface area contributed by atoms with Crippen LogP contribution in [0.4, 0.5) is 0 Å². The van der Waals surface area contributed by atoms with Gasteiger partial charge >= 0.3 is 0 Å². The first kappa shape index (κ1) is 12.7. The van der Waals surface area contributed by atoms with Crippen LogP contribution in [0.5, 0.6) is 0 Å². The van der Waals surface area contributed by atoms with Crippen LogP contribution in [0.3, 0.4) is 0 Å². The Morgan fingerprint density at radius 1 is 1.31 bits per heavy atom. The monoisotopic (exact) mass is 218 g/mol. The average molecular weight is 218 g/mol. The molecule has 0 aliphatic heterocycles. The Hall–Kier alpha value is -1.37. The van der Waals surface area contributed by atoms with Gasteiger partial charge in [0.25, 0.3) is 0 Å². The second-order valence-electron chi connectivity index (χ2n) is 4.60. The largest absolute Gasteiger partial charge is 0.389 e. The molecule has 0 atom stereocenters. The van der Waals surface area contributed by atoms with E-state index in [-0.39, 0.29) is 0 Å². The number of nitriles is 1. The van der Waals surface area contributed by atoms with Crippen LogP contribution in [0.1, 0.15) is 19.4 Å². The molecule has 0 aromatic heterocycles. The summed E-state index contributed by atoms with van der Waals surface area (Å²) in [5.41, 5.74) is 0.382. The lowest BCUT2D eigenvalue weighted by molar-refractivity contribution is 0.0380. The van der Waals surface area contributed by atoms with Crippen molar-refractivity contribution in [2.45, 2.75) is 26.0 Å². The highest BCUT2D eigenvalue weighted by atomic mass is 16.3. The fraction of sp³-hybridized carbons (Fsp3) is 0.462. The summed E-state index contributed by atoms with van der Waals surface area (Å²) >= 11 is 0. The van der Waals surface area contributed by atoms with Crippen molar-refractivity contribution in [2.75, 3.05) is 13.1 Å². The van der Waals surface area contributed by atoms with E-state index < -0.39 is 5.60 Å². The number of hydrogen-bond acceptors (Lipinski definition) is 3. The highest BCUT2D eigenvalue weighted by Gasteiger charge is 2.17. The fourth-order valence-corrected chi connectivity index (χ4v) is 1.66. The number of benzene rings is 1. The van der Waals surface area contributed by atoms with Crippen molar-refractivity contribution in [1.29, 1.82) is 5.26 Å². The predicted octanol–water partition coefficient (Wildman–Crippen LogP) is 1.78.